The molecule has 0 saturated heterocycles. The number of aliphatic hydroxyl groups excluding tert-OH is 1. The van der Waals surface area contributed by atoms with E-state index in [-0.39, 0.29) is 6.10 Å². The second-order valence-electron chi connectivity index (χ2n) is 5.26. The van der Waals surface area contributed by atoms with E-state index in [1.54, 1.807) is 6.20 Å². The van der Waals surface area contributed by atoms with E-state index in [1.165, 1.54) is 5.56 Å². The van der Waals surface area contributed by atoms with Crippen molar-refractivity contribution < 1.29 is 5.11 Å². The van der Waals surface area contributed by atoms with Crippen LogP contribution in [0, 0.1) is 0 Å². The van der Waals surface area contributed by atoms with Gasteiger partial charge in [0.15, 0.2) is 0 Å². The van der Waals surface area contributed by atoms with Crippen molar-refractivity contribution >= 4 is 0 Å². The van der Waals surface area contributed by atoms with Gasteiger partial charge < -0.3 is 14.6 Å². The van der Waals surface area contributed by atoms with Gasteiger partial charge in [-0.15, -0.1) is 0 Å². The van der Waals surface area contributed by atoms with E-state index in [2.05, 4.69) is 33.6 Å². The van der Waals surface area contributed by atoms with Crippen molar-refractivity contribution in [1.82, 2.24) is 14.5 Å². The lowest BCUT2D eigenvalue weighted by atomic mass is 10.1. The topological polar surface area (TPSA) is 41.3 Å². The molecule has 2 aromatic rings. The molecule has 2 rings (SSSR count). The van der Waals surface area contributed by atoms with Gasteiger partial charge in [-0.05, 0) is 32.0 Å². The first-order valence-corrected chi connectivity index (χ1v) is 7.10. The summed E-state index contributed by atoms with van der Waals surface area (Å²) in [6.45, 7) is 2.65. The Balaban J connectivity index is 1.64. The Morgan fingerprint density at radius 1 is 1.30 bits per heavy atom. The first-order valence-electron chi connectivity index (χ1n) is 7.10. The number of aliphatic hydroxyl groups is 1. The van der Waals surface area contributed by atoms with Crippen LogP contribution in [0.5, 0.6) is 0 Å². The Hall–Kier alpha value is -1.65. The molecule has 0 spiro atoms. The summed E-state index contributed by atoms with van der Waals surface area (Å²) < 4.78 is 2.08. The molecule has 0 radical (unpaired) electrons. The molecule has 0 bridgehead atoms. The van der Waals surface area contributed by atoms with Gasteiger partial charge in [-0.1, -0.05) is 30.3 Å². The van der Waals surface area contributed by atoms with Gasteiger partial charge in [0.1, 0.15) is 0 Å². The molecule has 1 unspecified atom stereocenters. The predicted molar refractivity (Wildman–Crippen MR) is 80.5 cm³/mol. The largest absolute Gasteiger partial charge is 0.391 e. The number of imidazole rings is 1. The molecule has 1 N–H and O–H groups in total. The number of hydrogen-bond acceptors (Lipinski definition) is 3. The number of rotatable bonds is 8. The number of likely N-dealkylation sites (N-methyl/N-ethyl adjacent to an activating group) is 1. The number of nitrogens with zero attached hydrogens (tertiary/aromatic N) is 3. The van der Waals surface area contributed by atoms with Crippen LogP contribution in [0.1, 0.15) is 12.0 Å². The maximum Gasteiger partial charge on any atom is 0.0945 e. The fourth-order valence-electron chi connectivity index (χ4n) is 2.34. The number of benzene rings is 1. The molecule has 4 heteroatoms. The molecule has 1 aromatic heterocycles. The van der Waals surface area contributed by atoms with Gasteiger partial charge in [0.05, 0.1) is 12.4 Å². The van der Waals surface area contributed by atoms with Crippen LogP contribution < -0.4 is 0 Å². The van der Waals surface area contributed by atoms with Crippen molar-refractivity contribution in [2.24, 2.45) is 0 Å². The lowest BCUT2D eigenvalue weighted by Crippen LogP contribution is -2.31. The van der Waals surface area contributed by atoms with Gasteiger partial charge in [0.2, 0.25) is 0 Å². The highest BCUT2D eigenvalue weighted by molar-refractivity contribution is 5.15. The quantitative estimate of drug-likeness (QED) is 0.797. The molecule has 1 aromatic carbocycles. The predicted octanol–water partition coefficient (Wildman–Crippen LogP) is 1.81. The third-order valence-electron chi connectivity index (χ3n) is 3.35. The van der Waals surface area contributed by atoms with Gasteiger partial charge in [0, 0.05) is 25.5 Å². The van der Waals surface area contributed by atoms with Crippen LogP contribution in [0.2, 0.25) is 0 Å². The fraction of sp³-hybridized carbons (Fsp3) is 0.438. The third kappa shape index (κ3) is 5.15. The van der Waals surface area contributed by atoms with Crippen molar-refractivity contribution in [3.05, 3.63) is 54.6 Å². The van der Waals surface area contributed by atoms with Crippen molar-refractivity contribution in [3.8, 4) is 0 Å². The van der Waals surface area contributed by atoms with Crippen molar-refractivity contribution in [2.45, 2.75) is 25.5 Å². The van der Waals surface area contributed by atoms with E-state index < -0.39 is 0 Å². The van der Waals surface area contributed by atoms with Crippen LogP contribution >= 0.6 is 0 Å². The minimum Gasteiger partial charge on any atom is -0.391 e. The SMILES string of the molecule is CN(CCCn1ccnc1)CC(O)Cc1ccccc1. The Kier molecular flexibility index (Phi) is 5.77. The van der Waals surface area contributed by atoms with E-state index >= 15 is 0 Å². The van der Waals surface area contributed by atoms with Gasteiger partial charge >= 0.3 is 0 Å². The lowest BCUT2D eigenvalue weighted by Gasteiger charge is -2.20. The Morgan fingerprint density at radius 2 is 2.10 bits per heavy atom. The van der Waals surface area contributed by atoms with Crippen LogP contribution in [0.3, 0.4) is 0 Å². The summed E-state index contributed by atoms with van der Waals surface area (Å²) in [7, 11) is 2.06. The molecule has 0 aliphatic heterocycles. The molecular formula is C16H23N3O. The zero-order valence-electron chi connectivity index (χ0n) is 12.0. The number of hydrogen-bond donors (Lipinski definition) is 1. The van der Waals surface area contributed by atoms with Gasteiger partial charge in [-0.2, -0.15) is 0 Å². The summed E-state index contributed by atoms with van der Waals surface area (Å²) in [6, 6.07) is 10.1. The lowest BCUT2D eigenvalue weighted by molar-refractivity contribution is 0.124. The molecule has 0 saturated carbocycles. The molecule has 1 atom stereocenters. The first kappa shape index (κ1) is 14.8. The van der Waals surface area contributed by atoms with Crippen molar-refractivity contribution in [1.29, 1.82) is 0 Å². The van der Waals surface area contributed by atoms with Crippen LogP contribution in [0.4, 0.5) is 0 Å². The highest BCUT2D eigenvalue weighted by Crippen LogP contribution is 2.04. The van der Waals surface area contributed by atoms with Crippen LogP contribution in [0.25, 0.3) is 0 Å². The fourth-order valence-corrected chi connectivity index (χ4v) is 2.34. The van der Waals surface area contributed by atoms with Crippen molar-refractivity contribution in [3.63, 3.8) is 0 Å². The molecule has 20 heavy (non-hydrogen) atoms. The minimum absolute atomic E-state index is 0.310. The van der Waals surface area contributed by atoms with Crippen LogP contribution in [0.15, 0.2) is 49.1 Å². The molecule has 0 aliphatic rings. The first-order chi connectivity index (χ1) is 9.74. The van der Waals surface area contributed by atoms with E-state index in [9.17, 15) is 5.11 Å². The second kappa shape index (κ2) is 7.82. The summed E-state index contributed by atoms with van der Waals surface area (Å²) in [4.78, 5) is 6.21. The van der Waals surface area contributed by atoms with E-state index in [4.69, 9.17) is 0 Å². The zero-order valence-corrected chi connectivity index (χ0v) is 12.0. The Bertz CT molecular complexity index is 470. The van der Waals surface area contributed by atoms with Crippen LogP contribution in [-0.4, -0.2) is 45.8 Å². The highest BCUT2D eigenvalue weighted by Gasteiger charge is 2.08. The summed E-state index contributed by atoms with van der Waals surface area (Å²) in [5.41, 5.74) is 1.19. The van der Waals surface area contributed by atoms with Crippen LogP contribution in [-0.2, 0) is 13.0 Å². The molecule has 108 valence electrons. The maximum atomic E-state index is 10.1. The number of aromatic nitrogens is 2. The number of aryl methyl sites for hydroxylation is 1. The maximum absolute atomic E-state index is 10.1. The van der Waals surface area contributed by atoms with Gasteiger partial charge in [0.25, 0.3) is 0 Å². The molecule has 0 amide bonds. The average molecular weight is 273 g/mol. The average Bonchev–Trinajstić information content (AvgIpc) is 2.93. The second-order valence-corrected chi connectivity index (χ2v) is 5.26. The zero-order chi connectivity index (χ0) is 14.2. The highest BCUT2D eigenvalue weighted by atomic mass is 16.3. The smallest absolute Gasteiger partial charge is 0.0945 e. The summed E-state index contributed by atoms with van der Waals surface area (Å²) in [5.74, 6) is 0. The standard InChI is InChI=1S/C16H23N3O/c1-18(9-5-10-19-11-8-17-14-19)13-16(20)12-15-6-3-2-4-7-15/h2-4,6-8,11,14,16,20H,5,9-10,12-13H2,1H3. The Labute approximate surface area is 120 Å². The summed E-state index contributed by atoms with van der Waals surface area (Å²) in [6.07, 6.45) is 7.08. The third-order valence-corrected chi connectivity index (χ3v) is 3.35. The normalized spacial score (nSPS) is 12.8. The Morgan fingerprint density at radius 3 is 2.80 bits per heavy atom. The molecule has 4 nitrogen and oxygen atoms in total. The molecule has 0 fully saturated rings. The summed E-state index contributed by atoms with van der Waals surface area (Å²) >= 11 is 0. The molecule has 1 heterocycles. The van der Waals surface area contributed by atoms with E-state index in [1.807, 2.05) is 30.7 Å². The van der Waals surface area contributed by atoms with E-state index in [0.717, 1.165) is 19.5 Å². The summed E-state index contributed by atoms with van der Waals surface area (Å²) in [5, 5.41) is 10.1. The van der Waals surface area contributed by atoms with Gasteiger partial charge in [-0.25, -0.2) is 4.98 Å². The van der Waals surface area contributed by atoms with Gasteiger partial charge in [-0.3, -0.25) is 0 Å². The monoisotopic (exact) mass is 273 g/mol. The minimum atomic E-state index is -0.310. The molecule has 0 aliphatic carbocycles. The molecular weight excluding hydrogens is 250 g/mol. The van der Waals surface area contributed by atoms with Crippen molar-refractivity contribution in [2.75, 3.05) is 20.1 Å². The van der Waals surface area contributed by atoms with E-state index in [0.29, 0.717) is 13.0 Å².